The van der Waals surface area contributed by atoms with Crippen LogP contribution in [0.5, 0.6) is 0 Å². The van der Waals surface area contributed by atoms with Gasteiger partial charge in [-0.3, -0.25) is 15.5 Å². The Morgan fingerprint density at radius 3 is 2.72 bits per heavy atom. The number of nitrogens with one attached hydrogen (secondary N) is 3. The largest absolute Gasteiger partial charge is 0.343 e. The van der Waals surface area contributed by atoms with E-state index in [0.717, 1.165) is 16.3 Å². The van der Waals surface area contributed by atoms with Crippen molar-refractivity contribution >= 4 is 35.0 Å². The Labute approximate surface area is 109 Å². The van der Waals surface area contributed by atoms with Gasteiger partial charge in [-0.2, -0.15) is 0 Å². The van der Waals surface area contributed by atoms with Gasteiger partial charge >= 0.3 is 6.03 Å². The van der Waals surface area contributed by atoms with Crippen molar-refractivity contribution in [3.05, 3.63) is 29.8 Å². The van der Waals surface area contributed by atoms with E-state index in [-0.39, 0.29) is 17.6 Å². The molecular formula is C11H12N4O2S. The Hall–Kier alpha value is -2.15. The number of urea groups is 1. The second-order valence-electron chi connectivity index (χ2n) is 3.82. The molecule has 7 heteroatoms. The minimum absolute atomic E-state index is 0.0472. The summed E-state index contributed by atoms with van der Waals surface area (Å²) in [6.45, 7) is 1.89. The van der Waals surface area contributed by atoms with Gasteiger partial charge in [-0.05, 0) is 30.8 Å². The molecule has 3 amide bonds. The van der Waals surface area contributed by atoms with E-state index in [1.54, 1.807) is 0 Å². The molecule has 0 saturated carbocycles. The first-order valence-electron chi connectivity index (χ1n) is 5.31. The van der Waals surface area contributed by atoms with Crippen LogP contribution in [-0.4, -0.2) is 28.6 Å². The molecule has 1 aliphatic rings. The van der Waals surface area contributed by atoms with Crippen molar-refractivity contribution in [3.8, 4) is 0 Å². The van der Waals surface area contributed by atoms with E-state index < -0.39 is 6.03 Å². The summed E-state index contributed by atoms with van der Waals surface area (Å²) in [4.78, 5) is 22.3. The average Bonchev–Trinajstić information content (AvgIpc) is 2.61. The summed E-state index contributed by atoms with van der Waals surface area (Å²) >= 11 is 5.07. The number of para-hydroxylation sites is 1. The second kappa shape index (κ2) is 5.01. The number of carbonyl (C=O) groups excluding carboxylic acids is 2. The molecule has 94 valence electrons. The van der Waals surface area contributed by atoms with Crippen LogP contribution >= 0.6 is 12.2 Å². The van der Waals surface area contributed by atoms with Gasteiger partial charge in [-0.1, -0.05) is 18.2 Å². The van der Waals surface area contributed by atoms with Crippen LogP contribution in [0.2, 0.25) is 0 Å². The van der Waals surface area contributed by atoms with Crippen LogP contribution in [0.1, 0.15) is 5.56 Å². The second-order valence-corrected chi connectivity index (χ2v) is 4.23. The molecule has 1 aromatic rings. The summed E-state index contributed by atoms with van der Waals surface area (Å²) in [6, 6.07) is 7.11. The lowest BCUT2D eigenvalue weighted by Gasteiger charge is -2.18. The number of hydrogen-bond donors (Lipinski definition) is 3. The van der Waals surface area contributed by atoms with Crippen LogP contribution in [0.15, 0.2) is 24.3 Å². The topological polar surface area (TPSA) is 73.5 Å². The summed E-state index contributed by atoms with van der Waals surface area (Å²) in [5, 5.41) is 6.48. The third kappa shape index (κ3) is 2.75. The first-order valence-corrected chi connectivity index (χ1v) is 5.71. The van der Waals surface area contributed by atoms with Gasteiger partial charge in [0, 0.05) is 5.69 Å². The minimum atomic E-state index is -0.506. The maximum absolute atomic E-state index is 11.3. The number of anilines is 1. The number of amides is 3. The Balaban J connectivity index is 1.95. The number of benzene rings is 1. The smallest absolute Gasteiger partial charge is 0.331 e. The normalized spacial score (nSPS) is 14.4. The van der Waals surface area contributed by atoms with Crippen LogP contribution in [0.3, 0.4) is 0 Å². The van der Waals surface area contributed by atoms with E-state index in [9.17, 15) is 9.59 Å². The summed E-state index contributed by atoms with van der Waals surface area (Å²) in [6.07, 6.45) is 0. The average molecular weight is 264 g/mol. The Bertz CT molecular complexity index is 518. The standard InChI is InChI=1S/C11H12N4O2S/c1-7-4-2-3-5-8(7)12-10(18)14-15-6-9(16)13-11(15)17/h2-5H,6H2,1H3,(H2,12,14,18)(H,13,16,17). The first kappa shape index (κ1) is 12.3. The molecule has 0 atom stereocenters. The van der Waals surface area contributed by atoms with Gasteiger partial charge in [-0.15, -0.1) is 0 Å². The van der Waals surface area contributed by atoms with E-state index in [1.807, 2.05) is 31.2 Å². The number of hydrazine groups is 1. The number of carbonyl (C=O) groups is 2. The van der Waals surface area contributed by atoms with Gasteiger partial charge in [0.05, 0.1) is 0 Å². The number of nitrogens with zero attached hydrogens (tertiary/aromatic N) is 1. The number of aryl methyl sites for hydroxylation is 1. The Kier molecular flexibility index (Phi) is 3.42. The molecule has 1 saturated heterocycles. The molecule has 1 aliphatic heterocycles. The monoisotopic (exact) mass is 264 g/mol. The molecule has 1 aromatic carbocycles. The van der Waals surface area contributed by atoms with E-state index >= 15 is 0 Å². The van der Waals surface area contributed by atoms with Crippen molar-refractivity contribution in [2.45, 2.75) is 6.92 Å². The van der Waals surface area contributed by atoms with E-state index in [4.69, 9.17) is 12.2 Å². The van der Waals surface area contributed by atoms with Gasteiger partial charge in [0.1, 0.15) is 6.54 Å². The molecule has 0 bridgehead atoms. The van der Waals surface area contributed by atoms with E-state index in [0.29, 0.717) is 0 Å². The van der Waals surface area contributed by atoms with Crippen LogP contribution in [0.25, 0.3) is 0 Å². The van der Waals surface area contributed by atoms with Gasteiger partial charge in [0.15, 0.2) is 5.11 Å². The molecule has 1 fully saturated rings. The van der Waals surface area contributed by atoms with Crippen LogP contribution < -0.4 is 16.1 Å². The Morgan fingerprint density at radius 2 is 2.11 bits per heavy atom. The highest BCUT2D eigenvalue weighted by Gasteiger charge is 2.27. The van der Waals surface area contributed by atoms with Crippen molar-refractivity contribution in [3.63, 3.8) is 0 Å². The summed E-state index contributed by atoms with van der Waals surface area (Å²) in [5.41, 5.74) is 4.53. The molecule has 0 radical (unpaired) electrons. The van der Waals surface area contributed by atoms with Crippen molar-refractivity contribution in [1.29, 1.82) is 0 Å². The number of imide groups is 1. The lowest BCUT2D eigenvalue weighted by atomic mass is 10.2. The summed E-state index contributed by atoms with van der Waals surface area (Å²) < 4.78 is 0. The molecule has 18 heavy (non-hydrogen) atoms. The highest BCUT2D eigenvalue weighted by atomic mass is 32.1. The van der Waals surface area contributed by atoms with Crippen LogP contribution in [0.4, 0.5) is 10.5 Å². The maximum atomic E-state index is 11.3. The van der Waals surface area contributed by atoms with Crippen molar-refractivity contribution in [2.24, 2.45) is 0 Å². The van der Waals surface area contributed by atoms with Gasteiger partial charge in [-0.25, -0.2) is 9.80 Å². The first-order chi connectivity index (χ1) is 8.56. The quantitative estimate of drug-likeness (QED) is 0.543. The fraction of sp³-hybridized carbons (Fsp3) is 0.182. The SMILES string of the molecule is Cc1ccccc1NC(=S)NN1CC(=O)NC1=O. The molecular weight excluding hydrogens is 252 g/mol. The molecule has 0 unspecified atom stereocenters. The summed E-state index contributed by atoms with van der Waals surface area (Å²) in [7, 11) is 0. The van der Waals surface area contributed by atoms with Gasteiger partial charge in [0.25, 0.3) is 0 Å². The highest BCUT2D eigenvalue weighted by molar-refractivity contribution is 7.80. The molecule has 2 rings (SSSR count). The lowest BCUT2D eigenvalue weighted by Crippen LogP contribution is -2.46. The predicted octanol–water partition coefficient (Wildman–Crippen LogP) is 0.748. The van der Waals surface area contributed by atoms with E-state index in [2.05, 4.69) is 16.1 Å². The fourth-order valence-electron chi connectivity index (χ4n) is 1.52. The van der Waals surface area contributed by atoms with Crippen molar-refractivity contribution in [1.82, 2.24) is 15.8 Å². The zero-order valence-electron chi connectivity index (χ0n) is 9.69. The van der Waals surface area contributed by atoms with Crippen molar-refractivity contribution in [2.75, 3.05) is 11.9 Å². The molecule has 0 aliphatic carbocycles. The summed E-state index contributed by atoms with van der Waals surface area (Å²) in [5.74, 6) is -0.355. The third-order valence-electron chi connectivity index (χ3n) is 2.42. The molecule has 0 spiro atoms. The third-order valence-corrected chi connectivity index (χ3v) is 2.62. The minimum Gasteiger partial charge on any atom is -0.331 e. The predicted molar refractivity (Wildman–Crippen MR) is 70.8 cm³/mol. The number of rotatable bonds is 2. The molecule has 1 heterocycles. The maximum Gasteiger partial charge on any atom is 0.343 e. The molecule has 3 N–H and O–H groups in total. The van der Waals surface area contributed by atoms with Gasteiger partial charge in [0.2, 0.25) is 5.91 Å². The van der Waals surface area contributed by atoms with Crippen molar-refractivity contribution < 1.29 is 9.59 Å². The van der Waals surface area contributed by atoms with Crippen LogP contribution in [-0.2, 0) is 4.79 Å². The zero-order valence-corrected chi connectivity index (χ0v) is 10.5. The lowest BCUT2D eigenvalue weighted by molar-refractivity contribution is -0.118. The fourth-order valence-corrected chi connectivity index (χ4v) is 1.74. The zero-order chi connectivity index (χ0) is 13.1. The highest BCUT2D eigenvalue weighted by Crippen LogP contribution is 2.12. The number of hydrogen-bond acceptors (Lipinski definition) is 3. The molecule has 6 nitrogen and oxygen atoms in total. The Morgan fingerprint density at radius 1 is 1.39 bits per heavy atom. The molecule has 0 aromatic heterocycles. The van der Waals surface area contributed by atoms with Crippen LogP contribution in [0, 0.1) is 6.92 Å². The van der Waals surface area contributed by atoms with Gasteiger partial charge < -0.3 is 5.32 Å². The number of thiocarbonyl (C=S) groups is 1. The van der Waals surface area contributed by atoms with E-state index in [1.165, 1.54) is 0 Å².